The number of hydrogen-bond acceptors (Lipinski definition) is 5. The third kappa shape index (κ3) is 3.55. The van der Waals surface area contributed by atoms with Gasteiger partial charge < -0.3 is 18.8 Å². The fourth-order valence-corrected chi connectivity index (χ4v) is 3.73. The van der Waals surface area contributed by atoms with Gasteiger partial charge in [-0.3, -0.25) is 9.67 Å². The summed E-state index contributed by atoms with van der Waals surface area (Å²) in [6, 6.07) is 9.07. The van der Waals surface area contributed by atoms with Gasteiger partial charge in [-0.1, -0.05) is 6.08 Å². The summed E-state index contributed by atoms with van der Waals surface area (Å²) in [6.45, 7) is 6.65. The van der Waals surface area contributed by atoms with Gasteiger partial charge in [0.25, 0.3) is 0 Å². The van der Waals surface area contributed by atoms with Crippen molar-refractivity contribution in [2.45, 2.75) is 26.6 Å². The predicted molar refractivity (Wildman–Crippen MR) is 113 cm³/mol. The minimum atomic E-state index is -0.986. The monoisotopic (exact) mass is 424 g/mol. The van der Waals surface area contributed by atoms with Crippen LogP contribution in [0.3, 0.4) is 0 Å². The van der Waals surface area contributed by atoms with Crippen molar-refractivity contribution in [2.24, 2.45) is 0 Å². The van der Waals surface area contributed by atoms with Gasteiger partial charge in [0, 0.05) is 23.1 Å². The van der Waals surface area contributed by atoms with Gasteiger partial charge in [0.05, 0.1) is 18.4 Å². The maximum atomic E-state index is 11.9. The molecule has 0 saturated carbocycles. The lowest BCUT2D eigenvalue weighted by atomic mass is 10.1. The molecule has 3 aromatic heterocycles. The average Bonchev–Trinajstić information content (AvgIpc) is 3.41. The van der Waals surface area contributed by atoms with E-state index in [1.54, 1.807) is 29.9 Å². The lowest BCUT2D eigenvalue weighted by molar-refractivity contribution is 0.0698. The van der Waals surface area contributed by atoms with Crippen LogP contribution in [-0.2, 0) is 19.7 Å². The minimum Gasteiger partial charge on any atom is -0.486 e. The smallest absolute Gasteiger partial charge is 0.338 e. The Balaban J connectivity index is 1.68. The molecule has 8 nitrogen and oxygen atoms in total. The molecule has 0 fully saturated rings. The van der Waals surface area contributed by atoms with E-state index < -0.39 is 5.97 Å². The molecule has 154 valence electrons. The van der Waals surface area contributed by atoms with Gasteiger partial charge in [-0.2, -0.15) is 5.10 Å². The number of nitrogens with zero attached hydrogens (tertiary/aromatic N) is 3. The molecule has 0 aliphatic heterocycles. The van der Waals surface area contributed by atoms with Crippen LogP contribution in [0.2, 0.25) is 0 Å². The second-order valence-corrected chi connectivity index (χ2v) is 7.13. The summed E-state index contributed by atoms with van der Waals surface area (Å²) >= 11 is 5.21. The Kier molecular flexibility index (Phi) is 5.28. The third-order valence-corrected chi connectivity index (χ3v) is 5.23. The molecule has 4 aromatic rings. The van der Waals surface area contributed by atoms with Crippen molar-refractivity contribution in [3.8, 4) is 5.75 Å². The number of ether oxygens (including phenoxy) is 1. The van der Waals surface area contributed by atoms with E-state index in [9.17, 15) is 9.90 Å². The maximum absolute atomic E-state index is 11.9. The van der Waals surface area contributed by atoms with Crippen LogP contribution in [0.1, 0.15) is 27.6 Å². The number of fused-ring (bicyclic) bond motifs is 1. The van der Waals surface area contributed by atoms with Gasteiger partial charge in [-0.25, -0.2) is 4.79 Å². The molecule has 0 unspecified atom stereocenters. The molecule has 0 atom stereocenters. The van der Waals surface area contributed by atoms with Crippen LogP contribution >= 0.6 is 12.2 Å². The van der Waals surface area contributed by atoms with E-state index in [2.05, 4.69) is 16.8 Å². The SMILES string of the molecule is C=CCn1c(COc2ccc3c(c2)c(C(=O)O)c(C)n3Cc2ccco2)n[nH]c1=S. The highest BCUT2D eigenvalue weighted by Crippen LogP contribution is 2.30. The Hall–Kier alpha value is -3.59. The van der Waals surface area contributed by atoms with E-state index in [-0.39, 0.29) is 12.2 Å². The highest BCUT2D eigenvalue weighted by molar-refractivity contribution is 7.71. The number of carboxylic acids is 1. The van der Waals surface area contributed by atoms with E-state index in [4.69, 9.17) is 21.4 Å². The number of furan rings is 1. The van der Waals surface area contributed by atoms with Gasteiger partial charge in [-0.15, -0.1) is 6.58 Å². The molecule has 9 heteroatoms. The number of H-pyrrole nitrogens is 1. The lowest BCUT2D eigenvalue weighted by Gasteiger charge is -2.08. The third-order valence-electron chi connectivity index (χ3n) is 4.92. The van der Waals surface area contributed by atoms with Crippen LogP contribution in [-0.4, -0.2) is 30.4 Å². The summed E-state index contributed by atoms with van der Waals surface area (Å²) in [5, 5.41) is 17.3. The zero-order chi connectivity index (χ0) is 21.3. The first-order chi connectivity index (χ1) is 14.5. The van der Waals surface area contributed by atoms with Crippen molar-refractivity contribution < 1.29 is 19.1 Å². The zero-order valence-electron chi connectivity index (χ0n) is 16.3. The van der Waals surface area contributed by atoms with E-state index in [0.29, 0.717) is 40.5 Å². The van der Waals surface area contributed by atoms with Crippen molar-refractivity contribution in [2.75, 3.05) is 0 Å². The Morgan fingerprint density at radius 3 is 2.93 bits per heavy atom. The molecular weight excluding hydrogens is 404 g/mol. The van der Waals surface area contributed by atoms with Gasteiger partial charge in [0.2, 0.25) is 0 Å². The number of allylic oxidation sites excluding steroid dienone is 1. The predicted octanol–water partition coefficient (Wildman–Crippen LogP) is 4.31. The molecule has 1 aromatic carbocycles. The topological polar surface area (TPSA) is 98.2 Å². The Labute approximate surface area is 177 Å². The lowest BCUT2D eigenvalue weighted by Crippen LogP contribution is -2.06. The van der Waals surface area contributed by atoms with E-state index in [1.165, 1.54) is 0 Å². The van der Waals surface area contributed by atoms with Crippen molar-refractivity contribution in [1.82, 2.24) is 19.3 Å². The first-order valence-electron chi connectivity index (χ1n) is 9.26. The number of aromatic amines is 1. The summed E-state index contributed by atoms with van der Waals surface area (Å²) < 4.78 is 15.5. The average molecular weight is 424 g/mol. The zero-order valence-corrected chi connectivity index (χ0v) is 17.1. The second-order valence-electron chi connectivity index (χ2n) is 6.74. The largest absolute Gasteiger partial charge is 0.486 e. The molecule has 3 heterocycles. The molecule has 0 aliphatic carbocycles. The highest BCUT2D eigenvalue weighted by Gasteiger charge is 2.20. The summed E-state index contributed by atoms with van der Waals surface area (Å²) in [7, 11) is 0. The molecule has 4 rings (SSSR count). The number of aromatic nitrogens is 4. The minimum absolute atomic E-state index is 0.182. The number of carboxylic acid groups (broad SMARTS) is 1. The number of carbonyl (C=O) groups is 1. The standard InChI is InChI=1S/C21H20N4O4S/c1-3-8-24-18(22-23-21(24)30)12-29-14-6-7-17-16(10-14)19(20(26)27)13(2)25(17)11-15-5-4-9-28-15/h3-7,9-10H,1,8,11-12H2,2H3,(H,23,30)(H,26,27). The molecule has 0 radical (unpaired) electrons. The molecular formula is C21H20N4O4S. The fraction of sp³-hybridized carbons (Fsp3) is 0.190. The summed E-state index contributed by atoms with van der Waals surface area (Å²) in [4.78, 5) is 11.9. The molecule has 0 saturated heterocycles. The highest BCUT2D eigenvalue weighted by atomic mass is 32.1. The Morgan fingerprint density at radius 1 is 1.40 bits per heavy atom. The van der Waals surface area contributed by atoms with Crippen molar-refractivity contribution >= 4 is 29.1 Å². The van der Waals surface area contributed by atoms with Crippen molar-refractivity contribution in [3.63, 3.8) is 0 Å². The summed E-state index contributed by atoms with van der Waals surface area (Å²) in [5.74, 6) is 0.932. The van der Waals surface area contributed by atoms with Crippen LogP contribution in [0.4, 0.5) is 0 Å². The molecule has 0 spiro atoms. The van der Waals surface area contributed by atoms with Crippen LogP contribution in [0, 0.1) is 11.7 Å². The van der Waals surface area contributed by atoms with Crippen molar-refractivity contribution in [3.05, 3.63) is 76.9 Å². The fourth-order valence-electron chi connectivity index (χ4n) is 3.51. The van der Waals surface area contributed by atoms with Gasteiger partial charge in [0.15, 0.2) is 10.6 Å². The normalized spacial score (nSPS) is 11.1. The molecule has 30 heavy (non-hydrogen) atoms. The van der Waals surface area contributed by atoms with Crippen LogP contribution in [0.15, 0.2) is 53.7 Å². The van der Waals surface area contributed by atoms with Gasteiger partial charge >= 0.3 is 5.97 Å². The number of benzene rings is 1. The van der Waals surface area contributed by atoms with Crippen molar-refractivity contribution in [1.29, 1.82) is 0 Å². The molecule has 0 amide bonds. The van der Waals surface area contributed by atoms with Gasteiger partial charge in [-0.05, 0) is 49.5 Å². The number of aromatic carboxylic acids is 1. The van der Waals surface area contributed by atoms with Crippen LogP contribution in [0.5, 0.6) is 5.75 Å². The molecule has 0 bridgehead atoms. The first-order valence-corrected chi connectivity index (χ1v) is 9.66. The second kappa shape index (κ2) is 8.03. The van der Waals surface area contributed by atoms with E-state index in [1.807, 2.05) is 28.8 Å². The summed E-state index contributed by atoms with van der Waals surface area (Å²) in [5.41, 5.74) is 1.69. The van der Waals surface area contributed by atoms with Crippen LogP contribution < -0.4 is 4.74 Å². The number of nitrogens with one attached hydrogen (secondary N) is 1. The maximum Gasteiger partial charge on any atom is 0.338 e. The number of rotatable bonds is 8. The Morgan fingerprint density at radius 2 is 2.23 bits per heavy atom. The van der Waals surface area contributed by atoms with E-state index in [0.717, 1.165) is 11.3 Å². The molecule has 2 N–H and O–H groups in total. The number of hydrogen-bond donors (Lipinski definition) is 2. The van der Waals surface area contributed by atoms with Crippen LogP contribution in [0.25, 0.3) is 10.9 Å². The van der Waals surface area contributed by atoms with Gasteiger partial charge in [0.1, 0.15) is 18.1 Å². The Bertz CT molecular complexity index is 1280. The first kappa shape index (κ1) is 19.7. The molecule has 0 aliphatic rings. The summed E-state index contributed by atoms with van der Waals surface area (Å²) in [6.07, 6.45) is 3.33. The quantitative estimate of drug-likeness (QED) is 0.323. The van der Waals surface area contributed by atoms with E-state index >= 15 is 0 Å².